The molecule has 34 heavy (non-hydrogen) atoms. The molecule has 2 unspecified atom stereocenters. The summed E-state index contributed by atoms with van der Waals surface area (Å²) in [6.07, 6.45) is 3.80. The van der Waals surface area contributed by atoms with Crippen molar-refractivity contribution < 1.29 is 18.0 Å². The Kier molecular flexibility index (Phi) is 7.09. The highest BCUT2D eigenvalue weighted by Crippen LogP contribution is 2.31. The molecule has 0 aromatic heterocycles. The molecule has 2 amide bonds. The van der Waals surface area contributed by atoms with E-state index in [-0.39, 0.29) is 28.7 Å². The highest BCUT2D eigenvalue weighted by molar-refractivity contribution is 7.89. The van der Waals surface area contributed by atoms with Gasteiger partial charge in [0.1, 0.15) is 6.04 Å². The maximum absolute atomic E-state index is 13.3. The molecule has 1 aliphatic carbocycles. The number of hydrogen-bond donors (Lipinski definition) is 2. The molecule has 4 rings (SSSR count). The summed E-state index contributed by atoms with van der Waals surface area (Å²) in [5.41, 5.74) is 3.92. The summed E-state index contributed by atoms with van der Waals surface area (Å²) in [5, 5.41) is 3.10. The SMILES string of the molecule is CC(=O)N1CCc2cc(S(=O)(=O)NC(CC(C)C)C(=O)NC3CCCc4ccccc43)ccc21. The third-order valence-corrected chi connectivity index (χ3v) is 8.11. The highest BCUT2D eigenvalue weighted by Gasteiger charge is 2.31. The molecule has 1 aliphatic heterocycles. The van der Waals surface area contributed by atoms with Gasteiger partial charge in [0.15, 0.2) is 0 Å². The lowest BCUT2D eigenvalue weighted by atomic mass is 9.87. The molecule has 8 heteroatoms. The Morgan fingerprint density at radius 3 is 2.59 bits per heavy atom. The second-order valence-electron chi connectivity index (χ2n) is 9.67. The van der Waals surface area contributed by atoms with E-state index in [1.807, 2.05) is 32.0 Å². The molecular weight excluding hydrogens is 450 g/mol. The Balaban J connectivity index is 1.53. The summed E-state index contributed by atoms with van der Waals surface area (Å²) < 4.78 is 29.2. The number of nitrogens with one attached hydrogen (secondary N) is 2. The van der Waals surface area contributed by atoms with Gasteiger partial charge < -0.3 is 10.2 Å². The van der Waals surface area contributed by atoms with Crippen LogP contribution in [0.4, 0.5) is 5.69 Å². The first-order valence-corrected chi connectivity index (χ1v) is 13.5. The number of fused-ring (bicyclic) bond motifs is 2. The van der Waals surface area contributed by atoms with Gasteiger partial charge in [-0.25, -0.2) is 8.42 Å². The molecule has 7 nitrogen and oxygen atoms in total. The Morgan fingerprint density at radius 2 is 1.85 bits per heavy atom. The summed E-state index contributed by atoms with van der Waals surface area (Å²) in [5.74, 6) is -0.241. The van der Waals surface area contributed by atoms with Crippen LogP contribution in [0.5, 0.6) is 0 Å². The van der Waals surface area contributed by atoms with Gasteiger partial charge in [0.25, 0.3) is 0 Å². The van der Waals surface area contributed by atoms with Crippen LogP contribution in [-0.4, -0.2) is 32.8 Å². The fourth-order valence-electron chi connectivity index (χ4n) is 4.98. The predicted molar refractivity (Wildman–Crippen MR) is 132 cm³/mol. The minimum absolute atomic E-state index is 0.0644. The Hall–Kier alpha value is -2.71. The second-order valence-corrected chi connectivity index (χ2v) is 11.4. The summed E-state index contributed by atoms with van der Waals surface area (Å²) >= 11 is 0. The average molecular weight is 484 g/mol. The predicted octanol–water partition coefficient (Wildman–Crippen LogP) is 3.48. The number of aryl methyl sites for hydroxylation is 1. The summed E-state index contributed by atoms with van der Waals surface area (Å²) in [4.78, 5) is 26.9. The zero-order valence-electron chi connectivity index (χ0n) is 20.0. The molecule has 0 saturated carbocycles. The van der Waals surface area contributed by atoms with Crippen molar-refractivity contribution in [3.05, 3.63) is 59.2 Å². The lowest BCUT2D eigenvalue weighted by Gasteiger charge is -2.29. The van der Waals surface area contributed by atoms with Crippen molar-refractivity contribution in [2.75, 3.05) is 11.4 Å². The van der Waals surface area contributed by atoms with Crippen LogP contribution in [0.15, 0.2) is 47.4 Å². The fourth-order valence-corrected chi connectivity index (χ4v) is 6.24. The summed E-state index contributed by atoms with van der Waals surface area (Å²) in [6.45, 7) is 5.98. The first kappa shape index (κ1) is 24.4. The van der Waals surface area contributed by atoms with Crippen molar-refractivity contribution in [3.8, 4) is 0 Å². The Labute approximate surface area is 202 Å². The van der Waals surface area contributed by atoms with Gasteiger partial charge in [-0.15, -0.1) is 0 Å². The number of amides is 2. The first-order chi connectivity index (χ1) is 16.2. The molecule has 0 radical (unpaired) electrons. The smallest absolute Gasteiger partial charge is 0.241 e. The van der Waals surface area contributed by atoms with Gasteiger partial charge >= 0.3 is 0 Å². The van der Waals surface area contributed by atoms with E-state index in [9.17, 15) is 18.0 Å². The van der Waals surface area contributed by atoms with Crippen LogP contribution in [0, 0.1) is 5.92 Å². The quantitative estimate of drug-likeness (QED) is 0.630. The van der Waals surface area contributed by atoms with Crippen molar-refractivity contribution in [2.45, 2.75) is 69.9 Å². The van der Waals surface area contributed by atoms with Crippen molar-refractivity contribution in [3.63, 3.8) is 0 Å². The molecule has 0 fully saturated rings. The van der Waals surface area contributed by atoms with Crippen molar-refractivity contribution in [1.29, 1.82) is 0 Å². The zero-order chi connectivity index (χ0) is 24.5. The standard InChI is InChI=1S/C26H33N3O4S/c1-17(2)15-24(26(31)27-23-10-6-8-19-7-4-5-9-22(19)23)28-34(32,33)21-11-12-25-20(16-21)13-14-29(25)18(3)30/h4-5,7,9,11-12,16-17,23-24,28H,6,8,10,13-15H2,1-3H3,(H,27,31). The van der Waals surface area contributed by atoms with E-state index in [0.29, 0.717) is 19.4 Å². The third-order valence-electron chi connectivity index (χ3n) is 6.64. The van der Waals surface area contributed by atoms with Crippen molar-refractivity contribution >= 4 is 27.5 Å². The van der Waals surface area contributed by atoms with Gasteiger partial charge in [-0.2, -0.15) is 4.72 Å². The molecule has 2 aromatic carbocycles. The van der Waals surface area contributed by atoms with Gasteiger partial charge in [0, 0.05) is 19.2 Å². The molecule has 2 atom stereocenters. The minimum atomic E-state index is -3.93. The largest absolute Gasteiger partial charge is 0.348 e. The minimum Gasteiger partial charge on any atom is -0.348 e. The maximum atomic E-state index is 13.3. The Bertz CT molecular complexity index is 1190. The molecule has 2 aliphatic rings. The lowest BCUT2D eigenvalue weighted by Crippen LogP contribution is -2.48. The van der Waals surface area contributed by atoms with Crippen LogP contribution in [-0.2, 0) is 32.5 Å². The molecule has 2 N–H and O–H groups in total. The number of rotatable bonds is 7. The fraction of sp³-hybridized carbons (Fsp3) is 0.462. The monoisotopic (exact) mass is 483 g/mol. The van der Waals surface area contributed by atoms with E-state index < -0.39 is 16.1 Å². The topological polar surface area (TPSA) is 95.6 Å². The van der Waals surface area contributed by atoms with Crippen LogP contribution in [0.25, 0.3) is 0 Å². The lowest BCUT2D eigenvalue weighted by molar-refractivity contribution is -0.124. The highest BCUT2D eigenvalue weighted by atomic mass is 32.2. The van der Waals surface area contributed by atoms with E-state index in [0.717, 1.165) is 36.1 Å². The van der Waals surface area contributed by atoms with E-state index in [2.05, 4.69) is 16.1 Å². The van der Waals surface area contributed by atoms with Crippen molar-refractivity contribution in [1.82, 2.24) is 10.0 Å². The van der Waals surface area contributed by atoms with Crippen LogP contribution in [0.3, 0.4) is 0 Å². The summed E-state index contributed by atoms with van der Waals surface area (Å²) in [7, 11) is -3.93. The number of nitrogens with zero attached hydrogens (tertiary/aromatic N) is 1. The van der Waals surface area contributed by atoms with Gasteiger partial charge in [0.05, 0.1) is 10.9 Å². The van der Waals surface area contributed by atoms with Crippen LogP contribution in [0.2, 0.25) is 0 Å². The first-order valence-electron chi connectivity index (χ1n) is 12.0. The second kappa shape index (κ2) is 9.88. The van der Waals surface area contributed by atoms with Crippen LogP contribution >= 0.6 is 0 Å². The zero-order valence-corrected chi connectivity index (χ0v) is 20.8. The number of carbonyl (C=O) groups is 2. The van der Waals surface area contributed by atoms with Crippen molar-refractivity contribution in [2.24, 2.45) is 5.92 Å². The number of benzene rings is 2. The molecule has 1 heterocycles. The van der Waals surface area contributed by atoms with E-state index in [4.69, 9.17) is 0 Å². The summed E-state index contributed by atoms with van der Waals surface area (Å²) in [6, 6.07) is 11.9. The molecular formula is C26H33N3O4S. The maximum Gasteiger partial charge on any atom is 0.241 e. The normalized spacial score (nSPS) is 18.4. The average Bonchev–Trinajstić information content (AvgIpc) is 3.22. The van der Waals surface area contributed by atoms with Gasteiger partial charge in [-0.1, -0.05) is 38.1 Å². The molecule has 182 valence electrons. The van der Waals surface area contributed by atoms with Crippen LogP contribution < -0.4 is 14.9 Å². The molecule has 0 bridgehead atoms. The van der Waals surface area contributed by atoms with Crippen LogP contribution in [0.1, 0.15) is 62.8 Å². The Morgan fingerprint density at radius 1 is 1.09 bits per heavy atom. The third kappa shape index (κ3) is 5.18. The molecule has 2 aromatic rings. The number of sulfonamides is 1. The van der Waals surface area contributed by atoms with E-state index in [1.165, 1.54) is 18.6 Å². The van der Waals surface area contributed by atoms with E-state index >= 15 is 0 Å². The van der Waals surface area contributed by atoms with Gasteiger partial charge in [-0.05, 0) is 72.9 Å². The van der Waals surface area contributed by atoms with E-state index in [1.54, 1.807) is 17.0 Å². The molecule has 0 spiro atoms. The number of carbonyl (C=O) groups excluding carboxylic acids is 2. The van der Waals surface area contributed by atoms with Gasteiger partial charge in [-0.3, -0.25) is 9.59 Å². The number of anilines is 1. The van der Waals surface area contributed by atoms with Gasteiger partial charge in [0.2, 0.25) is 21.8 Å². The number of hydrogen-bond acceptors (Lipinski definition) is 4. The molecule has 0 saturated heterocycles.